The number of hydrogen-bond acceptors (Lipinski definition) is 2. The molecule has 1 aromatic rings. The van der Waals surface area contributed by atoms with Crippen molar-refractivity contribution >= 4 is 25.4 Å². The first-order valence-corrected chi connectivity index (χ1v) is 8.35. The molecular weight excluding hydrogens is 301 g/mol. The molecule has 1 aliphatic rings. The predicted molar refractivity (Wildman–Crippen MR) is 83.1 cm³/mol. The summed E-state index contributed by atoms with van der Waals surface area (Å²) in [5.74, 6) is 0. The molecule has 102 valence electrons. The third-order valence-corrected chi connectivity index (χ3v) is 5.10. The van der Waals surface area contributed by atoms with E-state index in [1.165, 1.54) is 11.3 Å². The molecule has 1 atom stereocenters. The van der Waals surface area contributed by atoms with Gasteiger partial charge in [0.05, 0.1) is 0 Å². The number of benzene rings is 1. The van der Waals surface area contributed by atoms with Gasteiger partial charge in [-0.15, -0.1) is 0 Å². The van der Waals surface area contributed by atoms with Crippen LogP contribution in [0.3, 0.4) is 0 Å². The number of hydrogen-bond donors (Lipinski definition) is 0. The molecule has 0 amide bonds. The van der Waals surface area contributed by atoms with Gasteiger partial charge in [0.15, 0.2) is 0 Å². The summed E-state index contributed by atoms with van der Waals surface area (Å²) >= 11 is 0.328. The Morgan fingerprint density at radius 2 is 1.84 bits per heavy atom. The molecule has 2 rings (SSSR count). The molecule has 3 nitrogen and oxygen atoms in total. The third kappa shape index (κ3) is 3.68. The zero-order valence-corrected chi connectivity index (χ0v) is 13.9. The van der Waals surface area contributed by atoms with E-state index in [9.17, 15) is 0 Å². The van der Waals surface area contributed by atoms with Crippen molar-refractivity contribution < 1.29 is 0 Å². The maximum absolute atomic E-state index is 4.79. The van der Waals surface area contributed by atoms with E-state index in [2.05, 4.69) is 52.0 Å². The molecule has 0 saturated carbocycles. The Morgan fingerprint density at radius 3 is 2.42 bits per heavy atom. The Balaban J connectivity index is 2.32. The van der Waals surface area contributed by atoms with E-state index in [1.54, 1.807) is 0 Å². The standard InChI is InChI=1S/C15H21N3Se/c1-11-13(12-9-7-6-8-10-12)17-18(5)14(19-11)16-15(2,3)4/h6-11H,1-5H3. The van der Waals surface area contributed by atoms with Crippen LogP contribution in [0.5, 0.6) is 0 Å². The Bertz CT molecular complexity index is 500. The Hall–Kier alpha value is -1.12. The van der Waals surface area contributed by atoms with Gasteiger partial charge in [-0.1, -0.05) is 0 Å². The molecule has 0 fully saturated rings. The molecule has 0 radical (unpaired) electrons. The summed E-state index contributed by atoms with van der Waals surface area (Å²) < 4.78 is 1.13. The molecule has 1 aliphatic heterocycles. The van der Waals surface area contributed by atoms with Crippen LogP contribution in [0.2, 0.25) is 4.82 Å². The van der Waals surface area contributed by atoms with Crippen LogP contribution in [0.4, 0.5) is 0 Å². The Labute approximate surface area is 122 Å². The topological polar surface area (TPSA) is 28.0 Å². The molecule has 0 aromatic heterocycles. The van der Waals surface area contributed by atoms with E-state index >= 15 is 0 Å². The molecule has 1 aromatic carbocycles. The van der Waals surface area contributed by atoms with Gasteiger partial charge in [-0.25, -0.2) is 0 Å². The van der Waals surface area contributed by atoms with E-state index in [4.69, 9.17) is 10.1 Å². The Kier molecular flexibility index (Phi) is 4.12. The summed E-state index contributed by atoms with van der Waals surface area (Å²) in [7, 11) is 2.00. The average molecular weight is 322 g/mol. The zero-order valence-electron chi connectivity index (χ0n) is 12.2. The van der Waals surface area contributed by atoms with Crippen molar-refractivity contribution in [3.8, 4) is 0 Å². The molecular formula is C15H21N3Se. The van der Waals surface area contributed by atoms with Crippen molar-refractivity contribution in [2.45, 2.75) is 38.1 Å². The second kappa shape index (κ2) is 5.48. The van der Waals surface area contributed by atoms with E-state index in [0.29, 0.717) is 19.8 Å². The SMILES string of the molecule is CC1[Se]C(=NC(C)(C)C)N(C)N=C1c1ccccc1. The van der Waals surface area contributed by atoms with E-state index in [0.717, 1.165) is 4.73 Å². The van der Waals surface area contributed by atoms with Gasteiger partial charge in [-0.3, -0.25) is 0 Å². The van der Waals surface area contributed by atoms with Gasteiger partial charge in [0, 0.05) is 0 Å². The molecule has 0 bridgehead atoms. The van der Waals surface area contributed by atoms with E-state index in [1.807, 2.05) is 18.1 Å². The van der Waals surface area contributed by atoms with E-state index < -0.39 is 0 Å². The first-order valence-electron chi connectivity index (χ1n) is 6.51. The van der Waals surface area contributed by atoms with Crippen LogP contribution >= 0.6 is 0 Å². The van der Waals surface area contributed by atoms with Crippen molar-refractivity contribution in [3.63, 3.8) is 0 Å². The number of hydrazone groups is 1. The number of amidine groups is 1. The maximum atomic E-state index is 4.79. The molecule has 0 saturated heterocycles. The third-order valence-electron chi connectivity index (χ3n) is 2.70. The van der Waals surface area contributed by atoms with Crippen LogP contribution < -0.4 is 0 Å². The van der Waals surface area contributed by atoms with Gasteiger partial charge in [0.2, 0.25) is 0 Å². The summed E-state index contributed by atoms with van der Waals surface area (Å²) in [6.45, 7) is 8.64. The summed E-state index contributed by atoms with van der Waals surface area (Å²) in [6, 6.07) is 10.4. The number of aliphatic imine (C=N–C) groups is 1. The van der Waals surface area contributed by atoms with Crippen LogP contribution in [0.15, 0.2) is 40.4 Å². The summed E-state index contributed by atoms with van der Waals surface area (Å²) in [4.78, 5) is 5.26. The fourth-order valence-corrected chi connectivity index (χ4v) is 4.24. The van der Waals surface area contributed by atoms with Crippen molar-refractivity contribution in [1.29, 1.82) is 0 Å². The Morgan fingerprint density at radius 1 is 1.21 bits per heavy atom. The van der Waals surface area contributed by atoms with Gasteiger partial charge in [-0.2, -0.15) is 0 Å². The van der Waals surface area contributed by atoms with Crippen LogP contribution in [0.25, 0.3) is 0 Å². The summed E-state index contributed by atoms with van der Waals surface area (Å²) in [5.41, 5.74) is 2.36. The van der Waals surface area contributed by atoms with Crippen molar-refractivity contribution in [2.75, 3.05) is 7.05 Å². The van der Waals surface area contributed by atoms with Crippen LogP contribution in [-0.2, 0) is 0 Å². The van der Waals surface area contributed by atoms with Crippen molar-refractivity contribution in [3.05, 3.63) is 35.9 Å². The minimum absolute atomic E-state index is 0.0369. The summed E-state index contributed by atoms with van der Waals surface area (Å²) in [5, 5.41) is 6.69. The molecule has 0 N–H and O–H groups in total. The average Bonchev–Trinajstić information content (AvgIpc) is 2.33. The van der Waals surface area contributed by atoms with Crippen molar-refractivity contribution in [2.24, 2.45) is 10.1 Å². The molecule has 4 heteroatoms. The molecule has 0 spiro atoms. The molecule has 1 unspecified atom stereocenters. The first-order chi connectivity index (χ1) is 8.87. The summed E-state index contributed by atoms with van der Waals surface area (Å²) in [6.07, 6.45) is 0. The molecule has 0 aliphatic carbocycles. The van der Waals surface area contributed by atoms with Gasteiger partial charge >= 0.3 is 121 Å². The first kappa shape index (κ1) is 14.3. The van der Waals surface area contributed by atoms with Gasteiger partial charge in [0.25, 0.3) is 0 Å². The van der Waals surface area contributed by atoms with Gasteiger partial charge in [-0.05, 0) is 0 Å². The minimum atomic E-state index is -0.0369. The fourth-order valence-electron chi connectivity index (χ4n) is 1.86. The van der Waals surface area contributed by atoms with Crippen LogP contribution in [0, 0.1) is 0 Å². The van der Waals surface area contributed by atoms with Crippen LogP contribution in [-0.4, -0.2) is 43.0 Å². The monoisotopic (exact) mass is 323 g/mol. The van der Waals surface area contributed by atoms with E-state index in [-0.39, 0.29) is 5.54 Å². The molecule has 19 heavy (non-hydrogen) atoms. The van der Waals surface area contributed by atoms with Gasteiger partial charge < -0.3 is 0 Å². The number of nitrogens with zero attached hydrogens (tertiary/aromatic N) is 3. The van der Waals surface area contributed by atoms with Gasteiger partial charge in [0.1, 0.15) is 0 Å². The zero-order chi connectivity index (χ0) is 14.0. The predicted octanol–water partition coefficient (Wildman–Crippen LogP) is 3.00. The van der Waals surface area contributed by atoms with Crippen molar-refractivity contribution in [1.82, 2.24) is 5.01 Å². The second-order valence-corrected chi connectivity index (χ2v) is 8.44. The van der Waals surface area contributed by atoms with Crippen LogP contribution in [0.1, 0.15) is 33.3 Å². The normalized spacial score (nSPS) is 22.6. The quantitative estimate of drug-likeness (QED) is 0.731. The second-order valence-electron chi connectivity index (χ2n) is 5.70. The number of rotatable bonds is 1. The molecule has 1 heterocycles. The fraction of sp³-hybridized carbons (Fsp3) is 0.467.